The minimum absolute atomic E-state index is 0.00142. The Labute approximate surface area is 207 Å². The van der Waals surface area contributed by atoms with Crippen molar-refractivity contribution in [2.24, 2.45) is 10.3 Å². The van der Waals surface area contributed by atoms with Crippen molar-refractivity contribution in [2.75, 3.05) is 13.2 Å². The lowest BCUT2D eigenvalue weighted by Crippen LogP contribution is -2.22. The number of ether oxygens (including phenoxy) is 2. The van der Waals surface area contributed by atoms with Gasteiger partial charge in [-0.1, -0.05) is 77.0 Å². The SMILES string of the molecule is O=C(OCC1CC(c2ccccc2)=NO1)c1cccc(C(=O)OCC2CC(c3ccccc3)=NO2)n1. The molecule has 9 nitrogen and oxygen atoms in total. The molecule has 0 amide bonds. The second-order valence-electron chi connectivity index (χ2n) is 8.28. The normalized spacial score (nSPS) is 18.4. The van der Waals surface area contributed by atoms with Crippen molar-refractivity contribution in [1.29, 1.82) is 0 Å². The first kappa shape index (κ1) is 23.2. The minimum atomic E-state index is -0.665. The van der Waals surface area contributed by atoms with Crippen LogP contribution >= 0.6 is 0 Å². The quantitative estimate of drug-likeness (QED) is 0.447. The van der Waals surface area contributed by atoms with Gasteiger partial charge in [-0.05, 0) is 23.3 Å². The minimum Gasteiger partial charge on any atom is -0.457 e. The molecule has 2 aromatic carbocycles. The smallest absolute Gasteiger partial charge is 0.357 e. The van der Waals surface area contributed by atoms with Gasteiger partial charge in [0.05, 0.1) is 11.4 Å². The number of rotatable bonds is 8. The molecule has 2 atom stereocenters. The highest BCUT2D eigenvalue weighted by molar-refractivity contribution is 6.01. The number of carbonyl (C=O) groups excluding carboxylic acids is 2. The number of oxime groups is 2. The van der Waals surface area contributed by atoms with Crippen molar-refractivity contribution in [1.82, 2.24) is 4.98 Å². The van der Waals surface area contributed by atoms with Crippen molar-refractivity contribution in [2.45, 2.75) is 25.0 Å². The molecule has 0 fully saturated rings. The zero-order valence-electron chi connectivity index (χ0n) is 19.3. The van der Waals surface area contributed by atoms with E-state index in [1.54, 1.807) is 6.07 Å². The Morgan fingerprint density at radius 2 is 1.11 bits per heavy atom. The van der Waals surface area contributed by atoms with Gasteiger partial charge in [-0.2, -0.15) is 0 Å². The van der Waals surface area contributed by atoms with Crippen LogP contribution < -0.4 is 0 Å². The van der Waals surface area contributed by atoms with Crippen molar-refractivity contribution < 1.29 is 28.7 Å². The monoisotopic (exact) mass is 485 g/mol. The molecule has 182 valence electrons. The van der Waals surface area contributed by atoms with E-state index in [4.69, 9.17) is 19.1 Å². The first-order chi connectivity index (χ1) is 17.7. The molecule has 0 N–H and O–H groups in total. The number of hydrogen-bond donors (Lipinski definition) is 0. The first-order valence-electron chi connectivity index (χ1n) is 11.5. The fourth-order valence-electron chi connectivity index (χ4n) is 3.78. The molecule has 9 heteroatoms. The van der Waals surface area contributed by atoms with Gasteiger partial charge in [0.2, 0.25) is 0 Å². The third-order valence-electron chi connectivity index (χ3n) is 5.65. The van der Waals surface area contributed by atoms with Gasteiger partial charge in [0.1, 0.15) is 24.6 Å². The highest BCUT2D eigenvalue weighted by Gasteiger charge is 2.26. The van der Waals surface area contributed by atoms with Crippen LogP contribution in [0.4, 0.5) is 0 Å². The second-order valence-corrected chi connectivity index (χ2v) is 8.28. The van der Waals surface area contributed by atoms with Crippen LogP contribution in [0, 0.1) is 0 Å². The summed E-state index contributed by atoms with van der Waals surface area (Å²) in [5.74, 6) is -1.33. The third kappa shape index (κ3) is 5.57. The Bertz CT molecular complexity index is 1200. The van der Waals surface area contributed by atoms with E-state index >= 15 is 0 Å². The molecule has 2 aliphatic heterocycles. The zero-order valence-corrected chi connectivity index (χ0v) is 19.3. The van der Waals surface area contributed by atoms with Crippen LogP contribution in [0.15, 0.2) is 89.2 Å². The molecule has 0 spiro atoms. The summed E-state index contributed by atoms with van der Waals surface area (Å²) in [6, 6.07) is 23.8. The molecule has 1 aromatic heterocycles. The highest BCUT2D eigenvalue weighted by atomic mass is 16.7. The lowest BCUT2D eigenvalue weighted by atomic mass is 10.1. The molecule has 3 heterocycles. The predicted molar refractivity (Wildman–Crippen MR) is 130 cm³/mol. The van der Waals surface area contributed by atoms with Crippen molar-refractivity contribution >= 4 is 23.4 Å². The van der Waals surface area contributed by atoms with Gasteiger partial charge in [0.15, 0.2) is 12.2 Å². The van der Waals surface area contributed by atoms with E-state index < -0.39 is 11.9 Å². The van der Waals surface area contributed by atoms with Crippen LogP contribution in [0.2, 0.25) is 0 Å². The van der Waals surface area contributed by atoms with Crippen LogP contribution in [-0.4, -0.2) is 53.8 Å². The maximum Gasteiger partial charge on any atom is 0.357 e. The van der Waals surface area contributed by atoms with Crippen LogP contribution in [0.5, 0.6) is 0 Å². The summed E-state index contributed by atoms with van der Waals surface area (Å²) in [7, 11) is 0. The maximum atomic E-state index is 12.5. The number of benzene rings is 2. The van der Waals surface area contributed by atoms with E-state index in [2.05, 4.69) is 15.3 Å². The first-order valence-corrected chi connectivity index (χ1v) is 11.5. The van der Waals surface area contributed by atoms with Crippen LogP contribution in [0.25, 0.3) is 0 Å². The summed E-state index contributed by atoms with van der Waals surface area (Å²) in [5, 5.41) is 8.16. The van der Waals surface area contributed by atoms with Crippen molar-refractivity contribution in [3.63, 3.8) is 0 Å². The number of esters is 2. The zero-order chi connectivity index (χ0) is 24.7. The maximum absolute atomic E-state index is 12.5. The van der Waals surface area contributed by atoms with E-state index in [1.165, 1.54) is 12.1 Å². The molecular weight excluding hydrogens is 462 g/mol. The fraction of sp³-hybridized carbons (Fsp3) is 0.222. The van der Waals surface area contributed by atoms with E-state index in [-0.39, 0.29) is 36.8 Å². The van der Waals surface area contributed by atoms with Gasteiger partial charge in [-0.3, -0.25) is 0 Å². The fourth-order valence-corrected chi connectivity index (χ4v) is 3.78. The molecular formula is C27H23N3O6. The summed E-state index contributed by atoms with van der Waals surface area (Å²) >= 11 is 0. The Hall–Kier alpha value is -4.53. The van der Waals surface area contributed by atoms with Gasteiger partial charge in [0, 0.05) is 12.8 Å². The molecule has 5 rings (SSSR count). The summed E-state index contributed by atoms with van der Waals surface area (Å²) in [5.41, 5.74) is 3.52. The third-order valence-corrected chi connectivity index (χ3v) is 5.65. The molecule has 0 aliphatic carbocycles. The van der Waals surface area contributed by atoms with Gasteiger partial charge < -0.3 is 19.1 Å². The van der Waals surface area contributed by atoms with Gasteiger partial charge in [-0.25, -0.2) is 14.6 Å². The van der Waals surface area contributed by atoms with Crippen LogP contribution in [-0.2, 0) is 19.1 Å². The van der Waals surface area contributed by atoms with Crippen molar-refractivity contribution in [3.05, 3.63) is 101 Å². The lowest BCUT2D eigenvalue weighted by molar-refractivity contribution is 0.00558. The molecule has 0 radical (unpaired) electrons. The van der Waals surface area contributed by atoms with E-state index in [0.717, 1.165) is 22.6 Å². The van der Waals surface area contributed by atoms with E-state index in [0.29, 0.717) is 12.8 Å². The second kappa shape index (κ2) is 10.8. The summed E-state index contributed by atoms with van der Waals surface area (Å²) < 4.78 is 10.7. The van der Waals surface area contributed by atoms with E-state index in [1.807, 2.05) is 60.7 Å². The number of pyridine rings is 1. The van der Waals surface area contributed by atoms with Gasteiger partial charge in [0.25, 0.3) is 0 Å². The Balaban J connectivity index is 1.09. The molecule has 2 unspecified atom stereocenters. The topological polar surface area (TPSA) is 109 Å². The van der Waals surface area contributed by atoms with Gasteiger partial charge in [-0.15, -0.1) is 0 Å². The standard InChI is InChI=1S/C27H23N3O6/c31-26(33-16-20-14-24(29-35-20)18-8-3-1-4-9-18)22-12-7-13-23(28-22)27(32)34-17-21-15-25(30-36-21)19-10-5-2-6-11-19/h1-13,20-21H,14-17H2. The summed E-state index contributed by atoms with van der Waals surface area (Å²) in [6.07, 6.45) is 0.282. The van der Waals surface area contributed by atoms with E-state index in [9.17, 15) is 9.59 Å². The molecule has 0 saturated carbocycles. The number of aromatic nitrogens is 1. The Morgan fingerprint density at radius 1 is 0.667 bits per heavy atom. The molecule has 0 saturated heterocycles. The summed E-state index contributed by atoms with van der Waals surface area (Å²) in [6.45, 7) is 0.0234. The average Bonchev–Trinajstić information content (AvgIpc) is 3.62. The largest absolute Gasteiger partial charge is 0.457 e. The number of nitrogens with zero attached hydrogens (tertiary/aromatic N) is 3. The lowest BCUT2D eigenvalue weighted by Gasteiger charge is -2.10. The molecule has 36 heavy (non-hydrogen) atoms. The van der Waals surface area contributed by atoms with Crippen LogP contribution in [0.1, 0.15) is 44.9 Å². The number of hydrogen-bond acceptors (Lipinski definition) is 9. The number of carbonyl (C=O) groups is 2. The average molecular weight is 485 g/mol. The van der Waals surface area contributed by atoms with Gasteiger partial charge >= 0.3 is 11.9 Å². The van der Waals surface area contributed by atoms with Crippen molar-refractivity contribution in [3.8, 4) is 0 Å². The Kier molecular flexibility index (Phi) is 6.98. The molecule has 2 aliphatic rings. The highest BCUT2D eigenvalue weighted by Crippen LogP contribution is 2.18. The molecule has 3 aromatic rings. The Morgan fingerprint density at radius 3 is 1.56 bits per heavy atom. The summed E-state index contributed by atoms with van der Waals surface area (Å²) in [4.78, 5) is 39.9. The van der Waals surface area contributed by atoms with Crippen LogP contribution in [0.3, 0.4) is 0 Å². The predicted octanol–water partition coefficient (Wildman–Crippen LogP) is 3.78. The molecule has 0 bridgehead atoms.